The molecule has 0 bridgehead atoms. The van der Waals surface area contributed by atoms with Crippen molar-refractivity contribution in [1.82, 2.24) is 5.32 Å². The maximum absolute atomic E-state index is 13.4. The van der Waals surface area contributed by atoms with Crippen LogP contribution in [0.1, 0.15) is 29.8 Å². The smallest absolute Gasteiger partial charge is 0.270 e. The van der Waals surface area contributed by atoms with E-state index in [2.05, 4.69) is 5.32 Å². The van der Waals surface area contributed by atoms with Crippen LogP contribution in [0.25, 0.3) is 10.8 Å². The number of ether oxygens (including phenoxy) is 2. The monoisotopic (exact) mass is 399 g/mol. The van der Waals surface area contributed by atoms with E-state index >= 15 is 0 Å². The fourth-order valence-corrected chi connectivity index (χ4v) is 3.03. The fourth-order valence-electron chi connectivity index (χ4n) is 3.03. The average molecular weight is 399 g/mol. The highest BCUT2D eigenvalue weighted by Gasteiger charge is 2.23. The van der Waals surface area contributed by atoms with Gasteiger partial charge >= 0.3 is 0 Å². The molecule has 29 heavy (non-hydrogen) atoms. The molecule has 0 unspecified atom stereocenters. The summed E-state index contributed by atoms with van der Waals surface area (Å²) in [6, 6.07) is 16.5. The van der Waals surface area contributed by atoms with Gasteiger partial charge in [0.15, 0.2) is 0 Å². The minimum absolute atomic E-state index is 0.0684. The first-order valence-electron chi connectivity index (χ1n) is 9.26. The molecule has 1 N–H and O–H groups in total. The molecule has 0 aliphatic heterocycles. The average Bonchev–Trinajstić information content (AvgIpc) is 2.67. The van der Waals surface area contributed by atoms with Crippen molar-refractivity contribution in [3.05, 3.63) is 71.8 Å². The molecule has 0 heterocycles. The van der Waals surface area contributed by atoms with Gasteiger partial charge in [0.1, 0.15) is 11.5 Å². The number of carbonyl (C=O) groups is 1. The van der Waals surface area contributed by atoms with E-state index in [9.17, 15) is 13.6 Å². The molecule has 0 aliphatic rings. The number of halogens is 2. The molecular weight excluding hydrogens is 376 g/mol. The summed E-state index contributed by atoms with van der Waals surface area (Å²) in [6.45, 7) is 3.16. The number of alkyl halides is 2. The van der Waals surface area contributed by atoms with Gasteiger partial charge in [0.05, 0.1) is 6.61 Å². The molecule has 3 rings (SSSR count). The quantitative estimate of drug-likeness (QED) is 0.570. The van der Waals surface area contributed by atoms with Crippen molar-refractivity contribution < 1.29 is 23.0 Å². The van der Waals surface area contributed by atoms with Crippen LogP contribution in [0.15, 0.2) is 60.7 Å². The van der Waals surface area contributed by atoms with E-state index in [-0.39, 0.29) is 17.5 Å². The van der Waals surface area contributed by atoms with Crippen LogP contribution in [0.2, 0.25) is 0 Å². The summed E-state index contributed by atoms with van der Waals surface area (Å²) < 4.78 is 37.7. The molecule has 0 saturated heterocycles. The van der Waals surface area contributed by atoms with E-state index < -0.39 is 5.92 Å². The second-order valence-electron chi connectivity index (χ2n) is 7.04. The molecule has 1 atom stereocenters. The highest BCUT2D eigenvalue weighted by Crippen LogP contribution is 2.33. The van der Waals surface area contributed by atoms with Gasteiger partial charge in [0.25, 0.3) is 11.8 Å². The molecule has 0 radical (unpaired) electrons. The molecule has 0 aliphatic carbocycles. The van der Waals surface area contributed by atoms with E-state index in [1.165, 1.54) is 24.3 Å². The van der Waals surface area contributed by atoms with Crippen LogP contribution in [0, 0.1) is 0 Å². The number of amides is 1. The van der Waals surface area contributed by atoms with E-state index in [1.54, 1.807) is 25.3 Å². The van der Waals surface area contributed by atoms with E-state index in [0.717, 1.165) is 17.7 Å². The summed E-state index contributed by atoms with van der Waals surface area (Å²) in [5.41, 5.74) is 0.466. The van der Waals surface area contributed by atoms with Crippen LogP contribution in [0.3, 0.4) is 0 Å². The van der Waals surface area contributed by atoms with Crippen molar-refractivity contribution in [2.75, 3.05) is 13.7 Å². The van der Waals surface area contributed by atoms with Gasteiger partial charge in [0.2, 0.25) is 0 Å². The van der Waals surface area contributed by atoms with Gasteiger partial charge in [-0.2, -0.15) is 0 Å². The van der Waals surface area contributed by atoms with Gasteiger partial charge in [-0.15, -0.1) is 0 Å². The van der Waals surface area contributed by atoms with Gasteiger partial charge in [0, 0.05) is 36.6 Å². The lowest BCUT2D eigenvalue weighted by Gasteiger charge is -2.14. The maximum atomic E-state index is 13.4. The normalized spacial score (nSPS) is 12.6. The largest absolute Gasteiger partial charge is 0.457 e. The number of nitrogens with one attached hydrogen (secondary N) is 1. The number of carbonyl (C=O) groups excluding carboxylic acids is 1. The summed E-state index contributed by atoms with van der Waals surface area (Å²) in [4.78, 5) is 12.4. The van der Waals surface area contributed by atoms with Crippen LogP contribution in [-0.2, 0) is 10.7 Å². The Morgan fingerprint density at radius 2 is 1.83 bits per heavy atom. The third-order valence-electron chi connectivity index (χ3n) is 4.49. The Hall–Kier alpha value is -2.99. The molecule has 3 aromatic rings. The lowest BCUT2D eigenvalue weighted by atomic mass is 10.1. The summed E-state index contributed by atoms with van der Waals surface area (Å²) in [6.07, 6.45) is 0. The lowest BCUT2D eigenvalue weighted by Crippen LogP contribution is -2.35. The van der Waals surface area contributed by atoms with Gasteiger partial charge in [-0.3, -0.25) is 4.79 Å². The Kier molecular flexibility index (Phi) is 6.13. The fraction of sp³-hybridized carbons (Fsp3) is 0.261. The van der Waals surface area contributed by atoms with Gasteiger partial charge in [-0.1, -0.05) is 12.1 Å². The standard InChI is InChI=1S/C23H23F2NO3/c1-15(14-28-3)26-22(27)17-7-12-20-16(13-17)5-4-6-21(20)29-19-10-8-18(9-11-19)23(2,24)25/h4-13,15H,14H2,1-3H3,(H,26,27)/t15-/m1/s1. The molecule has 0 aromatic heterocycles. The summed E-state index contributed by atoms with van der Waals surface area (Å²) in [7, 11) is 1.58. The van der Waals surface area contributed by atoms with Crippen molar-refractivity contribution >= 4 is 16.7 Å². The first-order chi connectivity index (χ1) is 13.8. The maximum Gasteiger partial charge on any atom is 0.270 e. The van der Waals surface area contributed by atoms with Gasteiger partial charge in [-0.25, -0.2) is 8.78 Å². The Balaban J connectivity index is 1.82. The number of fused-ring (bicyclic) bond motifs is 1. The zero-order chi connectivity index (χ0) is 21.0. The van der Waals surface area contributed by atoms with E-state index in [4.69, 9.17) is 9.47 Å². The van der Waals surface area contributed by atoms with E-state index in [0.29, 0.717) is 23.7 Å². The van der Waals surface area contributed by atoms with Crippen molar-refractivity contribution in [3.63, 3.8) is 0 Å². The van der Waals surface area contributed by atoms with Crippen LogP contribution in [0.4, 0.5) is 8.78 Å². The summed E-state index contributed by atoms with van der Waals surface area (Å²) >= 11 is 0. The summed E-state index contributed by atoms with van der Waals surface area (Å²) in [5.74, 6) is -2.03. The number of benzene rings is 3. The van der Waals surface area contributed by atoms with Crippen LogP contribution in [-0.4, -0.2) is 25.7 Å². The minimum Gasteiger partial charge on any atom is -0.457 e. The number of hydrogen-bond acceptors (Lipinski definition) is 3. The van der Waals surface area contributed by atoms with Crippen molar-refractivity contribution in [2.24, 2.45) is 0 Å². The molecule has 3 aromatic carbocycles. The molecular formula is C23H23F2NO3. The molecule has 1 amide bonds. The SMILES string of the molecule is COC[C@@H](C)NC(=O)c1ccc2c(Oc3ccc(C(C)(F)F)cc3)cccc2c1. The molecule has 0 fully saturated rings. The number of methoxy groups -OCH3 is 1. The Morgan fingerprint density at radius 1 is 1.10 bits per heavy atom. The third-order valence-corrected chi connectivity index (χ3v) is 4.49. The number of hydrogen-bond donors (Lipinski definition) is 1. The van der Waals surface area contributed by atoms with Crippen molar-refractivity contribution in [2.45, 2.75) is 25.8 Å². The second-order valence-corrected chi connectivity index (χ2v) is 7.04. The molecule has 152 valence electrons. The highest BCUT2D eigenvalue weighted by molar-refractivity contribution is 6.00. The van der Waals surface area contributed by atoms with Gasteiger partial charge < -0.3 is 14.8 Å². The van der Waals surface area contributed by atoms with Gasteiger partial charge in [-0.05, 0) is 60.8 Å². The number of rotatable bonds is 7. The molecule has 4 nitrogen and oxygen atoms in total. The first kappa shape index (κ1) is 20.7. The lowest BCUT2D eigenvalue weighted by molar-refractivity contribution is 0.0174. The van der Waals surface area contributed by atoms with Crippen molar-refractivity contribution in [3.8, 4) is 11.5 Å². The minimum atomic E-state index is -2.89. The first-order valence-corrected chi connectivity index (χ1v) is 9.26. The van der Waals surface area contributed by atoms with Crippen LogP contribution in [0.5, 0.6) is 11.5 Å². The van der Waals surface area contributed by atoms with Crippen LogP contribution < -0.4 is 10.1 Å². The molecule has 0 spiro atoms. The second kappa shape index (κ2) is 8.57. The highest BCUT2D eigenvalue weighted by atomic mass is 19.3. The zero-order valence-electron chi connectivity index (χ0n) is 16.5. The topological polar surface area (TPSA) is 47.6 Å². The Bertz CT molecular complexity index is 997. The molecule has 6 heteroatoms. The predicted molar refractivity (Wildman–Crippen MR) is 109 cm³/mol. The third kappa shape index (κ3) is 5.09. The predicted octanol–water partition coefficient (Wildman–Crippen LogP) is 5.51. The van der Waals surface area contributed by atoms with Crippen LogP contribution >= 0.6 is 0 Å². The Morgan fingerprint density at radius 3 is 2.48 bits per heavy atom. The molecule has 0 saturated carbocycles. The van der Waals surface area contributed by atoms with Crippen molar-refractivity contribution in [1.29, 1.82) is 0 Å². The Labute approximate surface area is 168 Å². The summed E-state index contributed by atoms with van der Waals surface area (Å²) in [5, 5.41) is 4.53. The zero-order valence-corrected chi connectivity index (χ0v) is 16.5. The van der Waals surface area contributed by atoms with E-state index in [1.807, 2.05) is 25.1 Å².